The van der Waals surface area contributed by atoms with Crippen LogP contribution in [0.5, 0.6) is 0 Å². The molecule has 0 spiro atoms. The standard InChI is InChI=1S/C21H20N2OS/c24-19(17-12-6-2-7-13-17)20-18(16-10-4-1-5-11-16)22-21(25-20)23-14-8-3-9-15-23/h1-2,4-7,10-13H,3,8-9,14-15H2. The molecular weight excluding hydrogens is 328 g/mol. The Morgan fingerprint density at radius 2 is 1.52 bits per heavy atom. The van der Waals surface area contributed by atoms with Gasteiger partial charge >= 0.3 is 0 Å². The lowest BCUT2D eigenvalue weighted by Crippen LogP contribution is -2.29. The summed E-state index contributed by atoms with van der Waals surface area (Å²) in [4.78, 5) is 21.0. The second kappa shape index (κ2) is 7.19. The maximum Gasteiger partial charge on any atom is 0.205 e. The van der Waals surface area contributed by atoms with E-state index in [1.54, 1.807) is 0 Å². The average Bonchev–Trinajstić information content (AvgIpc) is 3.15. The minimum atomic E-state index is 0.0558. The molecule has 3 aromatic rings. The number of nitrogens with zero attached hydrogens (tertiary/aromatic N) is 2. The number of hydrogen-bond donors (Lipinski definition) is 0. The summed E-state index contributed by atoms with van der Waals surface area (Å²) >= 11 is 1.53. The van der Waals surface area contributed by atoms with Crippen LogP contribution in [0, 0.1) is 0 Å². The van der Waals surface area contributed by atoms with Crippen LogP contribution in [0.25, 0.3) is 11.3 Å². The Kier molecular flexibility index (Phi) is 4.61. The molecule has 25 heavy (non-hydrogen) atoms. The Bertz CT molecular complexity index is 852. The van der Waals surface area contributed by atoms with E-state index in [0.29, 0.717) is 5.56 Å². The van der Waals surface area contributed by atoms with E-state index in [9.17, 15) is 4.79 Å². The molecule has 2 aromatic carbocycles. The number of aromatic nitrogens is 1. The van der Waals surface area contributed by atoms with Gasteiger partial charge in [-0.1, -0.05) is 72.0 Å². The first-order valence-electron chi connectivity index (χ1n) is 8.74. The van der Waals surface area contributed by atoms with E-state index in [1.807, 2.05) is 60.7 Å². The molecule has 2 heterocycles. The highest BCUT2D eigenvalue weighted by Gasteiger charge is 2.23. The number of carbonyl (C=O) groups excluding carboxylic acids is 1. The molecule has 0 N–H and O–H groups in total. The monoisotopic (exact) mass is 348 g/mol. The van der Waals surface area contributed by atoms with Gasteiger partial charge in [0.1, 0.15) is 4.88 Å². The smallest absolute Gasteiger partial charge is 0.205 e. The van der Waals surface area contributed by atoms with E-state index in [1.165, 1.54) is 30.6 Å². The van der Waals surface area contributed by atoms with Gasteiger partial charge in [-0.05, 0) is 19.3 Å². The largest absolute Gasteiger partial charge is 0.348 e. The molecule has 1 aliphatic heterocycles. The molecule has 0 saturated carbocycles. The second-order valence-electron chi connectivity index (χ2n) is 6.28. The number of benzene rings is 2. The second-order valence-corrected chi connectivity index (χ2v) is 7.26. The molecule has 0 amide bonds. The summed E-state index contributed by atoms with van der Waals surface area (Å²) in [5.74, 6) is 0.0558. The number of rotatable bonds is 4. The van der Waals surface area contributed by atoms with Gasteiger partial charge in [0.15, 0.2) is 5.13 Å². The first kappa shape index (κ1) is 16.0. The van der Waals surface area contributed by atoms with Crippen LogP contribution in [0.1, 0.15) is 34.5 Å². The predicted molar refractivity (Wildman–Crippen MR) is 103 cm³/mol. The highest BCUT2D eigenvalue weighted by atomic mass is 32.1. The van der Waals surface area contributed by atoms with Crippen LogP contribution in [0.2, 0.25) is 0 Å². The lowest BCUT2D eigenvalue weighted by atomic mass is 10.1. The molecule has 0 aliphatic carbocycles. The van der Waals surface area contributed by atoms with Crippen molar-refractivity contribution < 1.29 is 4.79 Å². The fourth-order valence-electron chi connectivity index (χ4n) is 3.20. The lowest BCUT2D eigenvalue weighted by molar-refractivity contribution is 0.104. The van der Waals surface area contributed by atoms with E-state index in [4.69, 9.17) is 4.98 Å². The molecule has 0 unspecified atom stereocenters. The summed E-state index contributed by atoms with van der Waals surface area (Å²) in [5, 5.41) is 0.970. The van der Waals surface area contributed by atoms with Crippen molar-refractivity contribution in [2.75, 3.05) is 18.0 Å². The van der Waals surface area contributed by atoms with Crippen molar-refractivity contribution in [3.05, 3.63) is 71.1 Å². The van der Waals surface area contributed by atoms with Crippen molar-refractivity contribution in [3.8, 4) is 11.3 Å². The van der Waals surface area contributed by atoms with E-state index >= 15 is 0 Å². The third kappa shape index (κ3) is 3.35. The number of anilines is 1. The Morgan fingerprint density at radius 1 is 0.880 bits per heavy atom. The summed E-state index contributed by atoms with van der Waals surface area (Å²) in [5.41, 5.74) is 2.52. The van der Waals surface area contributed by atoms with Crippen LogP contribution in [-0.4, -0.2) is 23.9 Å². The van der Waals surface area contributed by atoms with E-state index in [2.05, 4.69) is 4.90 Å². The molecule has 3 nitrogen and oxygen atoms in total. The van der Waals surface area contributed by atoms with Crippen LogP contribution < -0.4 is 4.90 Å². The van der Waals surface area contributed by atoms with E-state index < -0.39 is 0 Å². The maximum atomic E-state index is 13.1. The Hall–Kier alpha value is -2.46. The lowest BCUT2D eigenvalue weighted by Gasteiger charge is -2.25. The minimum absolute atomic E-state index is 0.0558. The number of carbonyl (C=O) groups is 1. The zero-order valence-electron chi connectivity index (χ0n) is 14.0. The van der Waals surface area contributed by atoms with Crippen molar-refractivity contribution in [1.82, 2.24) is 4.98 Å². The third-order valence-corrected chi connectivity index (χ3v) is 5.65. The summed E-state index contributed by atoms with van der Waals surface area (Å²) < 4.78 is 0. The highest BCUT2D eigenvalue weighted by Crippen LogP contribution is 2.35. The van der Waals surface area contributed by atoms with Gasteiger partial charge in [0, 0.05) is 24.2 Å². The Morgan fingerprint density at radius 3 is 2.20 bits per heavy atom. The van der Waals surface area contributed by atoms with Crippen molar-refractivity contribution in [2.24, 2.45) is 0 Å². The topological polar surface area (TPSA) is 33.2 Å². The fraction of sp³-hybridized carbons (Fsp3) is 0.238. The van der Waals surface area contributed by atoms with Gasteiger partial charge in [-0.25, -0.2) is 4.98 Å². The molecule has 1 fully saturated rings. The van der Waals surface area contributed by atoms with E-state index in [-0.39, 0.29) is 5.78 Å². The Labute approximate surface area is 152 Å². The number of piperidine rings is 1. The number of hydrogen-bond acceptors (Lipinski definition) is 4. The minimum Gasteiger partial charge on any atom is -0.348 e. The fourth-order valence-corrected chi connectivity index (χ4v) is 4.30. The van der Waals surface area contributed by atoms with Gasteiger partial charge in [-0.2, -0.15) is 0 Å². The molecule has 1 saturated heterocycles. The normalized spacial score (nSPS) is 14.5. The molecule has 4 heteroatoms. The highest BCUT2D eigenvalue weighted by molar-refractivity contribution is 7.18. The molecule has 1 aromatic heterocycles. The van der Waals surface area contributed by atoms with Crippen LogP contribution >= 0.6 is 11.3 Å². The van der Waals surface area contributed by atoms with Crippen LogP contribution in [0.15, 0.2) is 60.7 Å². The van der Waals surface area contributed by atoms with Gasteiger partial charge in [0.2, 0.25) is 5.78 Å². The summed E-state index contributed by atoms with van der Waals surface area (Å²) in [6.45, 7) is 2.06. The van der Waals surface area contributed by atoms with Gasteiger partial charge in [-0.3, -0.25) is 4.79 Å². The summed E-state index contributed by atoms with van der Waals surface area (Å²) in [6.07, 6.45) is 3.67. The zero-order valence-corrected chi connectivity index (χ0v) is 14.8. The summed E-state index contributed by atoms with van der Waals surface area (Å²) in [6, 6.07) is 19.5. The average molecular weight is 348 g/mol. The van der Waals surface area contributed by atoms with Crippen molar-refractivity contribution in [3.63, 3.8) is 0 Å². The molecule has 4 rings (SSSR count). The van der Waals surface area contributed by atoms with Gasteiger partial charge < -0.3 is 4.90 Å². The van der Waals surface area contributed by atoms with Gasteiger partial charge in [-0.15, -0.1) is 0 Å². The molecule has 0 bridgehead atoms. The predicted octanol–water partition coefficient (Wildman–Crippen LogP) is 5.03. The first-order valence-corrected chi connectivity index (χ1v) is 9.55. The molecule has 126 valence electrons. The molecular formula is C21H20N2OS. The van der Waals surface area contributed by atoms with E-state index in [0.717, 1.165) is 34.4 Å². The maximum absolute atomic E-state index is 13.1. The van der Waals surface area contributed by atoms with Crippen molar-refractivity contribution in [2.45, 2.75) is 19.3 Å². The number of ketones is 1. The van der Waals surface area contributed by atoms with Crippen LogP contribution in [-0.2, 0) is 0 Å². The molecule has 0 atom stereocenters. The zero-order chi connectivity index (χ0) is 17.1. The summed E-state index contributed by atoms with van der Waals surface area (Å²) in [7, 11) is 0. The SMILES string of the molecule is O=C(c1ccccc1)c1sc(N2CCCCC2)nc1-c1ccccc1. The first-order chi connectivity index (χ1) is 12.3. The van der Waals surface area contributed by atoms with Gasteiger partial charge in [0.05, 0.1) is 5.69 Å². The molecule has 0 radical (unpaired) electrons. The van der Waals surface area contributed by atoms with Crippen molar-refractivity contribution >= 4 is 22.3 Å². The van der Waals surface area contributed by atoms with Crippen LogP contribution in [0.3, 0.4) is 0 Å². The quantitative estimate of drug-likeness (QED) is 0.620. The number of thiazole rings is 1. The van der Waals surface area contributed by atoms with Gasteiger partial charge in [0.25, 0.3) is 0 Å². The third-order valence-electron chi connectivity index (χ3n) is 4.53. The van der Waals surface area contributed by atoms with Crippen LogP contribution in [0.4, 0.5) is 5.13 Å². The molecule has 1 aliphatic rings. The van der Waals surface area contributed by atoms with Crippen molar-refractivity contribution in [1.29, 1.82) is 0 Å². The Balaban J connectivity index is 1.78.